The zero-order valence-corrected chi connectivity index (χ0v) is 4.46. The van der Waals surface area contributed by atoms with Crippen molar-refractivity contribution < 1.29 is 0 Å². The maximum Gasteiger partial charge on any atom is 0.140 e. The number of hydrogen-bond donors (Lipinski definition) is 0. The fourth-order valence-corrected chi connectivity index (χ4v) is 0.998. The Morgan fingerprint density at radius 2 is 2.50 bits per heavy atom. The molecule has 30 valence electrons. The summed E-state index contributed by atoms with van der Waals surface area (Å²) in [5, 5.41) is 4.20. The van der Waals surface area contributed by atoms with Gasteiger partial charge in [0.25, 0.3) is 0 Å². The lowest BCUT2D eigenvalue weighted by Crippen LogP contribution is -1.91. The van der Waals surface area contributed by atoms with E-state index in [1.807, 2.05) is 0 Å². The van der Waals surface area contributed by atoms with Crippen LogP contribution in [0.25, 0.3) is 0 Å². The molecule has 1 aromatic heterocycles. The normalized spacial score (nSPS) is 8.67. The number of rotatable bonds is 0. The topological polar surface area (TPSA) is 0 Å². The van der Waals surface area contributed by atoms with Crippen molar-refractivity contribution in [3.8, 4) is 0 Å². The van der Waals surface area contributed by atoms with Crippen LogP contribution in [0.5, 0.6) is 0 Å². The molecular formula is C4H5BS. The third-order valence-corrected chi connectivity index (χ3v) is 1.46. The maximum absolute atomic E-state index is 2.12. The molecule has 1 heterocycles. The van der Waals surface area contributed by atoms with Gasteiger partial charge in [-0.25, -0.2) is 0 Å². The van der Waals surface area contributed by atoms with Crippen LogP contribution in [0.4, 0.5) is 0 Å². The second kappa shape index (κ2) is 1.48. The second-order valence-corrected chi connectivity index (χ2v) is 2.08. The molecule has 0 fully saturated rings. The van der Waals surface area contributed by atoms with E-state index in [1.165, 1.54) is 5.46 Å². The van der Waals surface area contributed by atoms with Gasteiger partial charge in [-0.3, -0.25) is 0 Å². The van der Waals surface area contributed by atoms with Crippen LogP contribution in [0.15, 0.2) is 16.8 Å². The smallest absolute Gasteiger partial charge is 0.140 e. The van der Waals surface area contributed by atoms with Gasteiger partial charge in [0.15, 0.2) is 0 Å². The third kappa shape index (κ3) is 0.629. The van der Waals surface area contributed by atoms with Gasteiger partial charge < -0.3 is 0 Å². The first-order valence-corrected chi connectivity index (χ1v) is 2.82. The summed E-state index contributed by atoms with van der Waals surface area (Å²) >= 11 is 1.74. The van der Waals surface area contributed by atoms with Crippen LogP contribution >= 0.6 is 11.3 Å². The Labute approximate surface area is 42.2 Å². The minimum atomic E-state index is 1.36. The van der Waals surface area contributed by atoms with Crippen LogP contribution in [-0.4, -0.2) is 7.85 Å². The Kier molecular flexibility index (Phi) is 0.969. The van der Waals surface area contributed by atoms with Gasteiger partial charge in [-0.15, -0.1) is 0 Å². The average molecular weight is 96.0 g/mol. The Bertz CT molecular complexity index is 111. The summed E-state index contributed by atoms with van der Waals surface area (Å²) in [5.74, 6) is 0. The number of thiophene rings is 1. The number of hydrogen-bond acceptors (Lipinski definition) is 1. The van der Waals surface area contributed by atoms with Crippen LogP contribution in [0.3, 0.4) is 0 Å². The van der Waals surface area contributed by atoms with E-state index in [-0.39, 0.29) is 0 Å². The Morgan fingerprint density at radius 3 is 2.67 bits per heavy atom. The van der Waals surface area contributed by atoms with E-state index in [9.17, 15) is 0 Å². The van der Waals surface area contributed by atoms with Gasteiger partial charge in [-0.1, -0.05) is 11.5 Å². The van der Waals surface area contributed by atoms with Gasteiger partial charge in [0.2, 0.25) is 0 Å². The van der Waals surface area contributed by atoms with E-state index in [4.69, 9.17) is 0 Å². The van der Waals surface area contributed by atoms with Gasteiger partial charge in [-0.05, 0) is 10.8 Å². The Hall–Kier alpha value is -0.235. The molecule has 0 N–H and O–H groups in total. The predicted octanol–water partition coefficient (Wildman–Crippen LogP) is 0.00650. The molecule has 0 aliphatic heterocycles. The Balaban J connectivity index is 3.05. The molecule has 1 rings (SSSR count). The first kappa shape index (κ1) is 3.94. The predicted molar refractivity (Wildman–Crippen MR) is 32.5 cm³/mol. The minimum Gasteiger partial charge on any atom is -0.153 e. The van der Waals surface area contributed by atoms with E-state index in [1.54, 1.807) is 11.3 Å². The highest BCUT2D eigenvalue weighted by molar-refractivity contribution is 7.08. The summed E-state index contributed by atoms with van der Waals surface area (Å²) in [6.07, 6.45) is 0. The molecule has 6 heavy (non-hydrogen) atoms. The van der Waals surface area contributed by atoms with Gasteiger partial charge >= 0.3 is 0 Å². The lowest BCUT2D eigenvalue weighted by molar-refractivity contribution is 2.15. The fourth-order valence-electron chi connectivity index (χ4n) is 0.333. The van der Waals surface area contributed by atoms with E-state index >= 15 is 0 Å². The molecule has 0 amide bonds. The summed E-state index contributed by atoms with van der Waals surface area (Å²) in [6.45, 7) is 0. The highest BCUT2D eigenvalue weighted by Gasteiger charge is 1.74. The maximum atomic E-state index is 2.12. The van der Waals surface area contributed by atoms with Crippen molar-refractivity contribution in [2.45, 2.75) is 0 Å². The van der Waals surface area contributed by atoms with Gasteiger partial charge in [0.1, 0.15) is 7.85 Å². The first-order chi connectivity index (χ1) is 2.89. The molecular weight excluding hydrogens is 90.9 g/mol. The molecule has 0 aliphatic rings. The zero-order valence-electron chi connectivity index (χ0n) is 3.64. The van der Waals surface area contributed by atoms with Crippen molar-refractivity contribution in [1.29, 1.82) is 0 Å². The van der Waals surface area contributed by atoms with Crippen molar-refractivity contribution in [3.63, 3.8) is 0 Å². The third-order valence-electron chi connectivity index (χ3n) is 0.663. The van der Waals surface area contributed by atoms with E-state index < -0.39 is 0 Å². The second-order valence-electron chi connectivity index (χ2n) is 1.30. The van der Waals surface area contributed by atoms with Crippen LogP contribution in [0.1, 0.15) is 0 Å². The first-order valence-electron chi connectivity index (χ1n) is 1.88. The molecule has 1 aromatic rings. The van der Waals surface area contributed by atoms with Crippen molar-refractivity contribution in [3.05, 3.63) is 16.8 Å². The zero-order chi connectivity index (χ0) is 4.41. The summed E-state index contributed by atoms with van der Waals surface area (Å²) < 4.78 is 0. The summed E-state index contributed by atoms with van der Waals surface area (Å²) in [4.78, 5) is 0. The van der Waals surface area contributed by atoms with Crippen molar-refractivity contribution in [2.24, 2.45) is 0 Å². The summed E-state index contributed by atoms with van der Waals surface area (Å²) in [7, 11) is 2.09. The molecule has 0 radical (unpaired) electrons. The minimum absolute atomic E-state index is 1.36. The Morgan fingerprint density at radius 1 is 1.67 bits per heavy atom. The summed E-state index contributed by atoms with van der Waals surface area (Å²) in [6, 6.07) is 2.10. The van der Waals surface area contributed by atoms with Crippen LogP contribution in [0, 0.1) is 0 Å². The lowest BCUT2D eigenvalue weighted by Gasteiger charge is -1.64. The van der Waals surface area contributed by atoms with Gasteiger partial charge in [-0.2, -0.15) is 11.3 Å². The average Bonchev–Trinajstić information content (AvgIpc) is 1.86. The molecule has 0 bridgehead atoms. The SMILES string of the molecule is Bc1ccsc1. The molecule has 0 saturated heterocycles. The van der Waals surface area contributed by atoms with Crippen LogP contribution in [0.2, 0.25) is 0 Å². The van der Waals surface area contributed by atoms with Crippen molar-refractivity contribution >= 4 is 24.6 Å². The van der Waals surface area contributed by atoms with Crippen LogP contribution in [-0.2, 0) is 0 Å². The lowest BCUT2D eigenvalue weighted by atomic mass is 10.0. The highest BCUT2D eigenvalue weighted by atomic mass is 32.1. The fraction of sp³-hybridized carbons (Fsp3) is 0. The van der Waals surface area contributed by atoms with E-state index in [0.29, 0.717) is 0 Å². The molecule has 0 atom stereocenters. The quantitative estimate of drug-likeness (QED) is 0.399. The van der Waals surface area contributed by atoms with E-state index in [2.05, 4.69) is 24.7 Å². The molecule has 0 nitrogen and oxygen atoms in total. The summed E-state index contributed by atoms with van der Waals surface area (Å²) in [5.41, 5.74) is 1.36. The van der Waals surface area contributed by atoms with Crippen molar-refractivity contribution in [2.75, 3.05) is 0 Å². The molecule has 0 saturated carbocycles. The van der Waals surface area contributed by atoms with Gasteiger partial charge in [0.05, 0.1) is 0 Å². The van der Waals surface area contributed by atoms with Gasteiger partial charge in [0, 0.05) is 0 Å². The van der Waals surface area contributed by atoms with Crippen LogP contribution < -0.4 is 5.46 Å². The molecule has 0 unspecified atom stereocenters. The highest BCUT2D eigenvalue weighted by Crippen LogP contribution is 1.88. The molecule has 0 aromatic carbocycles. The van der Waals surface area contributed by atoms with Crippen molar-refractivity contribution in [1.82, 2.24) is 0 Å². The monoisotopic (exact) mass is 96.0 g/mol. The van der Waals surface area contributed by atoms with E-state index in [0.717, 1.165) is 0 Å². The molecule has 0 spiro atoms. The largest absolute Gasteiger partial charge is 0.153 e. The standard InChI is InChI=1S/C4H5BS/c5-4-1-2-6-3-4/h1-3H,5H2. The molecule has 0 aliphatic carbocycles. The molecule has 2 heteroatoms.